The van der Waals surface area contributed by atoms with Crippen molar-refractivity contribution in [2.24, 2.45) is 4.99 Å². The number of rotatable bonds is 6. The van der Waals surface area contributed by atoms with Crippen LogP contribution in [0.1, 0.15) is 10.4 Å². The number of fused-ring (bicyclic) bond motifs is 1. The first kappa shape index (κ1) is 20.1. The fourth-order valence-electron chi connectivity index (χ4n) is 3.32. The van der Waals surface area contributed by atoms with E-state index in [-0.39, 0.29) is 5.91 Å². The van der Waals surface area contributed by atoms with Crippen LogP contribution in [0.25, 0.3) is 21.3 Å². The lowest BCUT2D eigenvalue weighted by Crippen LogP contribution is -2.19. The zero-order valence-corrected chi connectivity index (χ0v) is 17.7. The minimum atomic E-state index is -0.272. The molecule has 1 amide bonds. The summed E-state index contributed by atoms with van der Waals surface area (Å²) < 4.78 is 13.8. The minimum Gasteiger partial charge on any atom is -0.495 e. The largest absolute Gasteiger partial charge is 0.495 e. The summed E-state index contributed by atoms with van der Waals surface area (Å²) in [6, 6.07) is 23.5. The molecule has 30 heavy (non-hydrogen) atoms. The van der Waals surface area contributed by atoms with Crippen molar-refractivity contribution in [3.8, 4) is 16.9 Å². The molecule has 152 valence electrons. The molecule has 0 radical (unpaired) electrons. The Bertz CT molecular complexity index is 1230. The second-order valence-corrected chi connectivity index (χ2v) is 7.71. The van der Waals surface area contributed by atoms with E-state index in [1.54, 1.807) is 14.2 Å². The second-order valence-electron chi connectivity index (χ2n) is 6.70. The van der Waals surface area contributed by atoms with Crippen molar-refractivity contribution in [3.05, 3.63) is 83.2 Å². The van der Waals surface area contributed by atoms with E-state index in [1.165, 1.54) is 11.3 Å². The smallest absolute Gasteiger partial charge is 0.279 e. The molecule has 0 aliphatic rings. The van der Waals surface area contributed by atoms with Gasteiger partial charge < -0.3 is 14.0 Å². The SMILES string of the molecule is COCCn1c(=NC(=O)c2ccc(-c3ccccc3)cc2)sc2cccc(OC)c21. The highest BCUT2D eigenvalue weighted by molar-refractivity contribution is 7.16. The third-order valence-electron chi connectivity index (χ3n) is 4.84. The zero-order chi connectivity index (χ0) is 20.9. The number of para-hydroxylation sites is 1. The summed E-state index contributed by atoms with van der Waals surface area (Å²) in [6.07, 6.45) is 0. The third kappa shape index (κ3) is 4.06. The Balaban J connectivity index is 1.72. The Kier molecular flexibility index (Phi) is 6.07. The topological polar surface area (TPSA) is 52.8 Å². The molecule has 1 heterocycles. The number of hydrogen-bond acceptors (Lipinski definition) is 4. The first-order chi connectivity index (χ1) is 14.7. The van der Waals surface area contributed by atoms with Crippen molar-refractivity contribution < 1.29 is 14.3 Å². The van der Waals surface area contributed by atoms with E-state index in [9.17, 15) is 4.79 Å². The van der Waals surface area contributed by atoms with E-state index in [1.807, 2.05) is 77.4 Å². The second kappa shape index (κ2) is 9.07. The highest BCUT2D eigenvalue weighted by atomic mass is 32.1. The molecule has 0 aliphatic carbocycles. The molecule has 0 spiro atoms. The van der Waals surface area contributed by atoms with Crippen LogP contribution in [-0.4, -0.2) is 31.3 Å². The molecule has 0 saturated carbocycles. The number of aromatic nitrogens is 1. The minimum absolute atomic E-state index is 0.272. The molecule has 0 unspecified atom stereocenters. The number of thiazole rings is 1. The van der Waals surface area contributed by atoms with Crippen LogP contribution in [-0.2, 0) is 11.3 Å². The quantitative estimate of drug-likeness (QED) is 0.453. The molecule has 1 aromatic heterocycles. The maximum atomic E-state index is 12.9. The van der Waals surface area contributed by atoms with Crippen molar-refractivity contribution in [1.29, 1.82) is 0 Å². The van der Waals surface area contributed by atoms with Crippen molar-refractivity contribution in [2.75, 3.05) is 20.8 Å². The molecule has 4 aromatic rings. The fourth-order valence-corrected chi connectivity index (χ4v) is 4.40. The van der Waals surface area contributed by atoms with Gasteiger partial charge in [0, 0.05) is 19.2 Å². The molecule has 0 aliphatic heterocycles. The van der Waals surface area contributed by atoms with Gasteiger partial charge in [-0.2, -0.15) is 4.99 Å². The number of carbonyl (C=O) groups is 1. The molecular formula is C24H22N2O3S. The van der Waals surface area contributed by atoms with Gasteiger partial charge in [0.25, 0.3) is 5.91 Å². The summed E-state index contributed by atoms with van der Waals surface area (Å²) in [6.45, 7) is 1.09. The Hall–Kier alpha value is -3.22. The predicted octanol–water partition coefficient (Wildman–Crippen LogP) is 4.77. The van der Waals surface area contributed by atoms with Crippen LogP contribution in [0.2, 0.25) is 0 Å². The van der Waals surface area contributed by atoms with Gasteiger partial charge in [0.05, 0.1) is 18.4 Å². The van der Waals surface area contributed by atoms with Crippen molar-refractivity contribution >= 4 is 27.5 Å². The summed E-state index contributed by atoms with van der Waals surface area (Å²) in [5.41, 5.74) is 3.65. The predicted molar refractivity (Wildman–Crippen MR) is 120 cm³/mol. The highest BCUT2D eigenvalue weighted by Crippen LogP contribution is 2.27. The van der Waals surface area contributed by atoms with Crippen LogP contribution in [0.15, 0.2) is 77.8 Å². The van der Waals surface area contributed by atoms with E-state index in [4.69, 9.17) is 9.47 Å². The van der Waals surface area contributed by atoms with Crippen LogP contribution >= 0.6 is 11.3 Å². The Morgan fingerprint density at radius 2 is 1.67 bits per heavy atom. The summed E-state index contributed by atoms with van der Waals surface area (Å²) in [7, 11) is 3.30. The Morgan fingerprint density at radius 1 is 0.933 bits per heavy atom. The lowest BCUT2D eigenvalue weighted by molar-refractivity contribution is 0.0997. The first-order valence-corrected chi connectivity index (χ1v) is 10.4. The van der Waals surface area contributed by atoms with Crippen LogP contribution in [0.3, 0.4) is 0 Å². The van der Waals surface area contributed by atoms with Crippen molar-refractivity contribution in [3.63, 3.8) is 0 Å². The Morgan fingerprint density at radius 3 is 2.37 bits per heavy atom. The molecular weight excluding hydrogens is 396 g/mol. The van der Waals surface area contributed by atoms with Gasteiger partial charge in [-0.25, -0.2) is 0 Å². The number of hydrogen-bond donors (Lipinski definition) is 0. The fraction of sp³-hybridized carbons (Fsp3) is 0.167. The van der Waals surface area contributed by atoms with Gasteiger partial charge in [0.2, 0.25) is 0 Å². The molecule has 0 saturated heterocycles. The standard InChI is InChI=1S/C24H22N2O3S/c1-28-16-15-26-22-20(29-2)9-6-10-21(22)30-24(26)25-23(27)19-13-11-18(12-14-19)17-7-4-3-5-8-17/h3-14H,15-16H2,1-2H3. The average molecular weight is 419 g/mol. The van der Waals surface area contributed by atoms with Gasteiger partial charge in [0.15, 0.2) is 4.80 Å². The molecule has 4 rings (SSSR count). The summed E-state index contributed by atoms with van der Waals surface area (Å²) in [5, 5.41) is 0. The summed E-state index contributed by atoms with van der Waals surface area (Å²) in [5.74, 6) is 0.479. The van der Waals surface area contributed by atoms with E-state index in [0.29, 0.717) is 23.5 Å². The van der Waals surface area contributed by atoms with E-state index >= 15 is 0 Å². The number of amides is 1. The maximum absolute atomic E-state index is 12.9. The molecule has 0 bridgehead atoms. The van der Waals surface area contributed by atoms with Crippen LogP contribution in [0.4, 0.5) is 0 Å². The lowest BCUT2D eigenvalue weighted by atomic mass is 10.0. The van der Waals surface area contributed by atoms with E-state index < -0.39 is 0 Å². The van der Waals surface area contributed by atoms with Gasteiger partial charge >= 0.3 is 0 Å². The number of benzene rings is 3. The Labute approximate surface area is 178 Å². The maximum Gasteiger partial charge on any atom is 0.279 e. The molecule has 6 heteroatoms. The average Bonchev–Trinajstić information content (AvgIpc) is 3.15. The number of nitrogens with zero attached hydrogens (tertiary/aromatic N) is 2. The van der Waals surface area contributed by atoms with Crippen molar-refractivity contribution in [2.45, 2.75) is 6.54 Å². The lowest BCUT2D eigenvalue weighted by Gasteiger charge is -2.08. The zero-order valence-electron chi connectivity index (χ0n) is 16.9. The highest BCUT2D eigenvalue weighted by Gasteiger charge is 2.13. The molecule has 0 atom stereocenters. The van der Waals surface area contributed by atoms with E-state index in [2.05, 4.69) is 4.99 Å². The van der Waals surface area contributed by atoms with Crippen LogP contribution in [0, 0.1) is 0 Å². The molecule has 3 aromatic carbocycles. The van der Waals surface area contributed by atoms with Gasteiger partial charge in [-0.1, -0.05) is 59.9 Å². The van der Waals surface area contributed by atoms with Gasteiger partial charge in [-0.15, -0.1) is 0 Å². The van der Waals surface area contributed by atoms with Gasteiger partial charge in [0.1, 0.15) is 11.3 Å². The van der Waals surface area contributed by atoms with Crippen molar-refractivity contribution in [1.82, 2.24) is 4.57 Å². The van der Waals surface area contributed by atoms with Crippen LogP contribution < -0.4 is 9.54 Å². The molecule has 0 fully saturated rings. The number of methoxy groups -OCH3 is 2. The van der Waals surface area contributed by atoms with Gasteiger partial charge in [-0.3, -0.25) is 4.79 Å². The number of ether oxygens (including phenoxy) is 2. The normalized spacial score (nSPS) is 11.7. The van der Waals surface area contributed by atoms with E-state index in [0.717, 1.165) is 27.1 Å². The first-order valence-electron chi connectivity index (χ1n) is 9.61. The summed E-state index contributed by atoms with van der Waals surface area (Å²) >= 11 is 1.47. The molecule has 0 N–H and O–H groups in total. The molecule has 5 nitrogen and oxygen atoms in total. The van der Waals surface area contributed by atoms with Gasteiger partial charge in [-0.05, 0) is 35.4 Å². The van der Waals surface area contributed by atoms with Crippen LogP contribution in [0.5, 0.6) is 5.75 Å². The number of carbonyl (C=O) groups excluding carboxylic acids is 1. The monoisotopic (exact) mass is 418 g/mol. The summed E-state index contributed by atoms with van der Waals surface area (Å²) in [4.78, 5) is 17.9. The third-order valence-corrected chi connectivity index (χ3v) is 5.88.